The average Bonchev–Trinajstić information content (AvgIpc) is 2.59. The van der Waals surface area contributed by atoms with Crippen LogP contribution in [0.2, 0.25) is 0 Å². The van der Waals surface area contributed by atoms with Crippen molar-refractivity contribution in [1.82, 2.24) is 5.32 Å². The Balaban J connectivity index is 1.94. The summed E-state index contributed by atoms with van der Waals surface area (Å²) in [4.78, 5) is 11.7. The number of rotatable bonds is 7. The van der Waals surface area contributed by atoms with E-state index in [1.165, 1.54) is 12.6 Å². The standard InChI is InChI=1S/C18H23N3O2/c1-20-18(23)16(17(19)22)11-13-7-9-15(10-8-13)21-12-14-5-3-2-4-6-14/h2-10,16-17,21-22H,11-12,19H2,1H3,(H,20,23). The van der Waals surface area contributed by atoms with E-state index >= 15 is 0 Å². The molecule has 5 nitrogen and oxygen atoms in total. The lowest BCUT2D eigenvalue weighted by atomic mass is 9.97. The molecular formula is C18H23N3O2. The van der Waals surface area contributed by atoms with Crippen LogP contribution in [0.1, 0.15) is 11.1 Å². The first kappa shape index (κ1) is 17.0. The van der Waals surface area contributed by atoms with Crippen LogP contribution in [0.25, 0.3) is 0 Å². The van der Waals surface area contributed by atoms with Gasteiger partial charge in [-0.3, -0.25) is 4.79 Å². The largest absolute Gasteiger partial charge is 0.381 e. The fraction of sp³-hybridized carbons (Fsp3) is 0.278. The second-order valence-electron chi connectivity index (χ2n) is 5.45. The molecule has 0 radical (unpaired) electrons. The third-order valence-corrected chi connectivity index (χ3v) is 3.74. The number of aliphatic hydroxyl groups excluding tert-OH is 1. The summed E-state index contributed by atoms with van der Waals surface area (Å²) in [6, 6.07) is 17.9. The lowest BCUT2D eigenvalue weighted by Crippen LogP contribution is -2.41. The minimum Gasteiger partial charge on any atom is -0.381 e. The normalized spacial score (nSPS) is 13.2. The van der Waals surface area contributed by atoms with Gasteiger partial charge in [-0.25, -0.2) is 0 Å². The topological polar surface area (TPSA) is 87.4 Å². The second-order valence-corrected chi connectivity index (χ2v) is 5.45. The molecular weight excluding hydrogens is 290 g/mol. The first-order valence-electron chi connectivity index (χ1n) is 7.62. The van der Waals surface area contributed by atoms with E-state index in [2.05, 4.69) is 22.8 Å². The number of hydrogen-bond acceptors (Lipinski definition) is 4. The predicted molar refractivity (Wildman–Crippen MR) is 91.7 cm³/mol. The molecule has 2 aromatic rings. The molecule has 2 atom stereocenters. The van der Waals surface area contributed by atoms with Gasteiger partial charge in [-0.1, -0.05) is 42.5 Å². The smallest absolute Gasteiger partial charge is 0.227 e. The van der Waals surface area contributed by atoms with Crippen LogP contribution in [-0.2, 0) is 17.8 Å². The van der Waals surface area contributed by atoms with Crippen molar-refractivity contribution in [2.24, 2.45) is 11.7 Å². The number of aliphatic hydroxyl groups is 1. The molecule has 122 valence electrons. The number of nitrogens with one attached hydrogen (secondary N) is 2. The number of carbonyl (C=O) groups is 1. The van der Waals surface area contributed by atoms with Crippen molar-refractivity contribution in [2.75, 3.05) is 12.4 Å². The molecule has 1 amide bonds. The van der Waals surface area contributed by atoms with Gasteiger partial charge in [0.1, 0.15) is 6.23 Å². The van der Waals surface area contributed by atoms with E-state index in [-0.39, 0.29) is 5.91 Å². The summed E-state index contributed by atoms with van der Waals surface area (Å²) >= 11 is 0. The molecule has 2 rings (SSSR count). The maximum atomic E-state index is 11.7. The Labute approximate surface area is 136 Å². The summed E-state index contributed by atoms with van der Waals surface area (Å²) in [5.74, 6) is -0.908. The molecule has 0 fully saturated rings. The van der Waals surface area contributed by atoms with Gasteiger partial charge in [-0.05, 0) is 29.7 Å². The quantitative estimate of drug-likeness (QED) is 0.583. The summed E-state index contributed by atoms with van der Waals surface area (Å²) in [6.45, 7) is 0.753. The molecule has 0 aliphatic carbocycles. The minimum absolute atomic E-state index is 0.258. The van der Waals surface area contributed by atoms with Gasteiger partial charge in [0.15, 0.2) is 0 Å². The first-order chi connectivity index (χ1) is 11.1. The summed E-state index contributed by atoms with van der Waals surface area (Å²) in [7, 11) is 1.54. The molecule has 0 aliphatic heterocycles. The molecule has 0 saturated heterocycles. The zero-order valence-electron chi connectivity index (χ0n) is 13.2. The van der Waals surface area contributed by atoms with Crippen molar-refractivity contribution in [1.29, 1.82) is 0 Å². The lowest BCUT2D eigenvalue weighted by Gasteiger charge is -2.18. The third kappa shape index (κ3) is 5.09. The third-order valence-electron chi connectivity index (χ3n) is 3.74. The molecule has 2 unspecified atom stereocenters. The van der Waals surface area contributed by atoms with Gasteiger partial charge in [-0.15, -0.1) is 0 Å². The second kappa shape index (κ2) is 8.31. The summed E-state index contributed by atoms with van der Waals surface area (Å²) < 4.78 is 0. The van der Waals surface area contributed by atoms with Crippen LogP contribution in [0.4, 0.5) is 5.69 Å². The van der Waals surface area contributed by atoms with Gasteiger partial charge < -0.3 is 21.5 Å². The van der Waals surface area contributed by atoms with E-state index in [1.54, 1.807) is 0 Å². The van der Waals surface area contributed by atoms with Gasteiger partial charge in [0, 0.05) is 19.3 Å². The lowest BCUT2D eigenvalue weighted by molar-refractivity contribution is -0.127. The van der Waals surface area contributed by atoms with Crippen molar-refractivity contribution >= 4 is 11.6 Å². The Morgan fingerprint density at radius 3 is 2.30 bits per heavy atom. The highest BCUT2D eigenvalue weighted by Gasteiger charge is 2.23. The highest BCUT2D eigenvalue weighted by Crippen LogP contribution is 2.15. The van der Waals surface area contributed by atoms with Gasteiger partial charge in [-0.2, -0.15) is 0 Å². The minimum atomic E-state index is -1.18. The highest BCUT2D eigenvalue weighted by atomic mass is 16.3. The molecule has 0 aromatic heterocycles. The number of benzene rings is 2. The summed E-state index contributed by atoms with van der Waals surface area (Å²) in [5, 5.41) is 15.4. The molecule has 0 spiro atoms. The van der Waals surface area contributed by atoms with Crippen molar-refractivity contribution < 1.29 is 9.90 Å². The molecule has 5 heteroatoms. The van der Waals surface area contributed by atoms with Crippen LogP contribution < -0.4 is 16.4 Å². The molecule has 0 aliphatic rings. The van der Waals surface area contributed by atoms with Gasteiger partial charge >= 0.3 is 0 Å². The Kier molecular flexibility index (Phi) is 6.14. The molecule has 23 heavy (non-hydrogen) atoms. The monoisotopic (exact) mass is 313 g/mol. The summed E-state index contributed by atoms with van der Waals surface area (Å²) in [6.07, 6.45) is -0.776. The van der Waals surface area contributed by atoms with Crippen molar-refractivity contribution in [2.45, 2.75) is 19.2 Å². The molecule has 0 saturated carbocycles. The Morgan fingerprint density at radius 2 is 1.74 bits per heavy atom. The Hall–Kier alpha value is -2.37. The fourth-order valence-electron chi connectivity index (χ4n) is 2.37. The van der Waals surface area contributed by atoms with E-state index in [0.29, 0.717) is 6.42 Å². The van der Waals surface area contributed by atoms with Gasteiger partial charge in [0.05, 0.1) is 5.92 Å². The average molecular weight is 313 g/mol. The first-order valence-corrected chi connectivity index (χ1v) is 7.62. The zero-order valence-corrected chi connectivity index (χ0v) is 13.2. The van der Waals surface area contributed by atoms with Crippen LogP contribution in [-0.4, -0.2) is 24.3 Å². The number of amides is 1. The van der Waals surface area contributed by atoms with Crippen LogP contribution in [0.15, 0.2) is 54.6 Å². The number of hydrogen-bond donors (Lipinski definition) is 4. The van der Waals surface area contributed by atoms with Gasteiger partial charge in [0.2, 0.25) is 5.91 Å². The number of anilines is 1. The van der Waals surface area contributed by atoms with Crippen LogP contribution in [0, 0.1) is 5.92 Å². The van der Waals surface area contributed by atoms with Crippen LogP contribution in [0.5, 0.6) is 0 Å². The molecule has 5 N–H and O–H groups in total. The van der Waals surface area contributed by atoms with E-state index in [1.807, 2.05) is 42.5 Å². The number of carbonyl (C=O) groups excluding carboxylic acids is 1. The maximum Gasteiger partial charge on any atom is 0.227 e. The molecule has 0 heterocycles. The predicted octanol–water partition coefficient (Wildman–Crippen LogP) is 1.48. The fourth-order valence-corrected chi connectivity index (χ4v) is 2.37. The van der Waals surface area contributed by atoms with E-state index in [0.717, 1.165) is 17.8 Å². The summed E-state index contributed by atoms with van der Waals surface area (Å²) in [5.41, 5.74) is 8.65. The van der Waals surface area contributed by atoms with Crippen LogP contribution >= 0.6 is 0 Å². The van der Waals surface area contributed by atoms with E-state index in [4.69, 9.17) is 5.73 Å². The van der Waals surface area contributed by atoms with Crippen molar-refractivity contribution in [3.8, 4) is 0 Å². The van der Waals surface area contributed by atoms with E-state index < -0.39 is 12.1 Å². The Bertz CT molecular complexity index is 612. The Morgan fingerprint density at radius 1 is 1.09 bits per heavy atom. The highest BCUT2D eigenvalue weighted by molar-refractivity contribution is 5.79. The van der Waals surface area contributed by atoms with Crippen molar-refractivity contribution in [3.63, 3.8) is 0 Å². The van der Waals surface area contributed by atoms with E-state index in [9.17, 15) is 9.90 Å². The number of nitrogens with two attached hydrogens (primary N) is 1. The SMILES string of the molecule is CNC(=O)C(Cc1ccc(NCc2ccccc2)cc1)C(N)O. The zero-order chi connectivity index (χ0) is 16.7. The molecule has 0 bridgehead atoms. The van der Waals surface area contributed by atoms with Crippen molar-refractivity contribution in [3.05, 3.63) is 65.7 Å². The van der Waals surface area contributed by atoms with Crippen LogP contribution in [0.3, 0.4) is 0 Å². The molecule has 2 aromatic carbocycles. The van der Waals surface area contributed by atoms with Gasteiger partial charge in [0.25, 0.3) is 0 Å². The maximum absolute atomic E-state index is 11.7.